The number of aromatic nitrogens is 2. The maximum absolute atomic E-state index is 12.7. The Morgan fingerprint density at radius 3 is 2.96 bits per heavy atom. The monoisotopic (exact) mass is 361 g/mol. The smallest absolute Gasteiger partial charge is 0.274 e. The van der Waals surface area contributed by atoms with Crippen LogP contribution in [0.25, 0.3) is 0 Å². The highest BCUT2D eigenvalue weighted by Crippen LogP contribution is 2.19. The minimum atomic E-state index is -0.309. The summed E-state index contributed by atoms with van der Waals surface area (Å²) in [6, 6.07) is 3.53. The molecule has 8 nitrogen and oxygen atoms in total. The lowest BCUT2D eigenvalue weighted by atomic mass is 10.1. The van der Waals surface area contributed by atoms with Crippen molar-refractivity contribution in [3.05, 3.63) is 41.0 Å². The average Bonchev–Trinajstić information content (AvgIpc) is 3.00. The van der Waals surface area contributed by atoms with E-state index in [2.05, 4.69) is 15.5 Å². The highest BCUT2D eigenvalue weighted by atomic mass is 16.5. The summed E-state index contributed by atoms with van der Waals surface area (Å²) in [6.45, 7) is 4.87. The summed E-state index contributed by atoms with van der Waals surface area (Å²) < 4.78 is 21.7. The zero-order valence-corrected chi connectivity index (χ0v) is 15.2. The fraction of sp³-hybridized carbons (Fsp3) is 0.500. The largest absolute Gasteiger partial charge is 0.484 e. The Morgan fingerprint density at radius 2 is 2.23 bits per heavy atom. The van der Waals surface area contributed by atoms with Crippen molar-refractivity contribution in [1.82, 2.24) is 15.5 Å². The van der Waals surface area contributed by atoms with Gasteiger partial charge in [0.1, 0.15) is 17.6 Å². The Hall–Kier alpha value is -2.45. The highest BCUT2D eigenvalue weighted by Gasteiger charge is 2.31. The third kappa shape index (κ3) is 4.20. The van der Waals surface area contributed by atoms with E-state index in [-0.39, 0.29) is 30.4 Å². The lowest BCUT2D eigenvalue weighted by Gasteiger charge is -2.32. The molecule has 0 aliphatic carbocycles. The Bertz CT molecular complexity index is 744. The van der Waals surface area contributed by atoms with E-state index in [4.69, 9.17) is 18.7 Å². The van der Waals surface area contributed by atoms with Gasteiger partial charge in [-0.05, 0) is 32.4 Å². The first-order valence-corrected chi connectivity index (χ1v) is 8.50. The van der Waals surface area contributed by atoms with E-state index in [0.29, 0.717) is 36.7 Å². The van der Waals surface area contributed by atoms with Crippen LogP contribution in [-0.2, 0) is 16.1 Å². The van der Waals surface area contributed by atoms with Gasteiger partial charge in [-0.3, -0.25) is 9.78 Å². The summed E-state index contributed by atoms with van der Waals surface area (Å²) in [5.41, 5.74) is 1.80. The molecule has 0 spiro atoms. The van der Waals surface area contributed by atoms with Crippen molar-refractivity contribution >= 4 is 5.91 Å². The predicted molar refractivity (Wildman–Crippen MR) is 92.0 cm³/mol. The van der Waals surface area contributed by atoms with Crippen molar-refractivity contribution < 1.29 is 23.5 Å². The van der Waals surface area contributed by atoms with Gasteiger partial charge in [0.25, 0.3) is 5.91 Å². The number of aryl methyl sites for hydroxylation is 2. The lowest BCUT2D eigenvalue weighted by Crippen LogP contribution is -2.51. The normalized spacial score (nSPS) is 20.0. The number of nitrogens with one attached hydrogen (secondary N) is 1. The van der Waals surface area contributed by atoms with E-state index in [1.807, 2.05) is 19.1 Å². The zero-order chi connectivity index (χ0) is 18.5. The summed E-state index contributed by atoms with van der Waals surface area (Å²) in [5.74, 6) is 0.904. The Labute approximate surface area is 151 Å². The summed E-state index contributed by atoms with van der Waals surface area (Å²) in [5, 5.41) is 6.86. The van der Waals surface area contributed by atoms with Gasteiger partial charge in [0.2, 0.25) is 0 Å². The van der Waals surface area contributed by atoms with Crippen molar-refractivity contribution in [2.45, 2.75) is 39.0 Å². The quantitative estimate of drug-likeness (QED) is 0.838. The highest BCUT2D eigenvalue weighted by molar-refractivity contribution is 5.94. The van der Waals surface area contributed by atoms with Crippen molar-refractivity contribution in [3.63, 3.8) is 0 Å². The van der Waals surface area contributed by atoms with Crippen LogP contribution in [0.2, 0.25) is 0 Å². The summed E-state index contributed by atoms with van der Waals surface area (Å²) >= 11 is 0. The van der Waals surface area contributed by atoms with E-state index in [1.165, 1.54) is 0 Å². The molecule has 8 heteroatoms. The van der Waals surface area contributed by atoms with Gasteiger partial charge in [0, 0.05) is 19.4 Å². The van der Waals surface area contributed by atoms with Crippen molar-refractivity contribution in [3.8, 4) is 5.75 Å². The molecule has 0 aromatic carbocycles. The molecular formula is C18H23N3O5. The molecule has 1 aliphatic rings. The molecule has 1 N–H and O–H groups in total. The first-order chi connectivity index (χ1) is 12.6. The molecule has 1 amide bonds. The van der Waals surface area contributed by atoms with E-state index >= 15 is 0 Å². The Kier molecular flexibility index (Phi) is 5.85. The first-order valence-electron chi connectivity index (χ1n) is 8.50. The van der Waals surface area contributed by atoms with Crippen LogP contribution in [0.5, 0.6) is 5.75 Å². The molecule has 0 saturated carbocycles. The van der Waals surface area contributed by atoms with Crippen LogP contribution in [0.3, 0.4) is 0 Å². The van der Waals surface area contributed by atoms with Gasteiger partial charge in [0.05, 0.1) is 31.0 Å². The van der Waals surface area contributed by atoms with Crippen LogP contribution in [-0.4, -0.2) is 48.5 Å². The number of amides is 1. The van der Waals surface area contributed by atoms with E-state index in [9.17, 15) is 4.79 Å². The van der Waals surface area contributed by atoms with Gasteiger partial charge < -0.3 is 24.1 Å². The summed E-state index contributed by atoms with van der Waals surface area (Å²) in [4.78, 5) is 16.9. The molecule has 3 heterocycles. The van der Waals surface area contributed by atoms with Crippen LogP contribution >= 0.6 is 0 Å². The number of hydrogen-bond donors (Lipinski definition) is 1. The predicted octanol–water partition coefficient (Wildman–Crippen LogP) is 1.80. The maximum Gasteiger partial charge on any atom is 0.274 e. The van der Waals surface area contributed by atoms with Crippen LogP contribution in [0.4, 0.5) is 0 Å². The molecule has 1 aliphatic heterocycles. The Morgan fingerprint density at radius 1 is 1.38 bits per heavy atom. The second-order valence-corrected chi connectivity index (χ2v) is 6.23. The minimum absolute atomic E-state index is 0.204. The molecule has 0 unspecified atom stereocenters. The summed E-state index contributed by atoms with van der Waals surface area (Å²) in [7, 11) is 1.56. The fourth-order valence-corrected chi connectivity index (χ4v) is 2.81. The average molecular weight is 361 g/mol. The van der Waals surface area contributed by atoms with E-state index in [0.717, 1.165) is 5.69 Å². The molecule has 3 rings (SSSR count). The number of hydrogen-bond acceptors (Lipinski definition) is 7. The molecule has 140 valence electrons. The van der Waals surface area contributed by atoms with Gasteiger partial charge in [-0.1, -0.05) is 5.16 Å². The molecule has 1 fully saturated rings. The van der Waals surface area contributed by atoms with Crippen LogP contribution < -0.4 is 10.1 Å². The van der Waals surface area contributed by atoms with E-state index < -0.39 is 0 Å². The van der Waals surface area contributed by atoms with Gasteiger partial charge in [-0.25, -0.2) is 0 Å². The van der Waals surface area contributed by atoms with Gasteiger partial charge in [-0.2, -0.15) is 0 Å². The fourth-order valence-electron chi connectivity index (χ4n) is 2.81. The molecule has 0 bridgehead atoms. The molecule has 1 saturated heterocycles. The number of methoxy groups -OCH3 is 1. The number of carbonyl (C=O) groups is 1. The number of ether oxygens (including phenoxy) is 3. The summed E-state index contributed by atoms with van der Waals surface area (Å²) in [6.07, 6.45) is 2.00. The molecule has 26 heavy (non-hydrogen) atoms. The van der Waals surface area contributed by atoms with Crippen LogP contribution in [0, 0.1) is 13.8 Å². The first kappa shape index (κ1) is 18.3. The van der Waals surface area contributed by atoms with Gasteiger partial charge >= 0.3 is 0 Å². The van der Waals surface area contributed by atoms with Crippen LogP contribution in [0.1, 0.15) is 33.9 Å². The standard InChI is InChI=1S/C18H23N3O5/c1-11-4-5-13(8-19-11)25-16-10-24-7-6-15(16)20-18(22)17-14(9-23-3)12(2)26-21-17/h4-5,8,15-16H,6-7,9-10H2,1-3H3,(H,20,22)/t15-,16+/m1/s1. The molecule has 2 aromatic heterocycles. The van der Waals surface area contributed by atoms with Gasteiger partial charge in [-0.15, -0.1) is 0 Å². The van der Waals surface area contributed by atoms with E-state index in [1.54, 1.807) is 20.2 Å². The third-order valence-electron chi connectivity index (χ3n) is 4.28. The Balaban J connectivity index is 1.70. The SMILES string of the molecule is COCc1c(C(=O)N[C@@H]2CCOC[C@@H]2Oc2ccc(C)nc2)noc1C. The minimum Gasteiger partial charge on any atom is -0.484 e. The maximum atomic E-state index is 12.7. The van der Waals surface area contributed by atoms with Crippen LogP contribution in [0.15, 0.2) is 22.9 Å². The van der Waals surface area contributed by atoms with Crippen molar-refractivity contribution in [2.75, 3.05) is 20.3 Å². The second kappa shape index (κ2) is 8.29. The zero-order valence-electron chi connectivity index (χ0n) is 15.2. The number of carbonyl (C=O) groups excluding carboxylic acids is 1. The van der Waals surface area contributed by atoms with Crippen molar-refractivity contribution in [2.24, 2.45) is 0 Å². The number of rotatable bonds is 6. The number of nitrogens with zero attached hydrogens (tertiary/aromatic N) is 2. The lowest BCUT2D eigenvalue weighted by molar-refractivity contribution is -0.0137. The third-order valence-corrected chi connectivity index (χ3v) is 4.28. The molecule has 2 aromatic rings. The molecule has 2 atom stereocenters. The van der Waals surface area contributed by atoms with Crippen molar-refractivity contribution in [1.29, 1.82) is 0 Å². The molecular weight excluding hydrogens is 338 g/mol. The topological polar surface area (TPSA) is 95.7 Å². The van der Waals surface area contributed by atoms with Gasteiger partial charge in [0.15, 0.2) is 5.69 Å². The second-order valence-electron chi connectivity index (χ2n) is 6.23. The number of pyridine rings is 1. The molecule has 0 radical (unpaired) electrons.